The van der Waals surface area contributed by atoms with Crippen LogP contribution in [0.2, 0.25) is 0 Å². The SMILES string of the molecule is C=CC=Cc1nc2ccccc2o1. The molecule has 1 aromatic heterocycles. The molecule has 0 fully saturated rings. The van der Waals surface area contributed by atoms with E-state index in [0.717, 1.165) is 11.1 Å². The van der Waals surface area contributed by atoms with Crippen LogP contribution in [0.15, 0.2) is 47.4 Å². The van der Waals surface area contributed by atoms with Gasteiger partial charge < -0.3 is 4.42 Å². The summed E-state index contributed by atoms with van der Waals surface area (Å²) in [6.45, 7) is 3.57. The second-order valence-corrected chi connectivity index (χ2v) is 2.61. The van der Waals surface area contributed by atoms with Crippen molar-refractivity contribution in [1.82, 2.24) is 4.98 Å². The molecule has 2 heteroatoms. The molecule has 0 aliphatic rings. The Balaban J connectivity index is 2.49. The van der Waals surface area contributed by atoms with Gasteiger partial charge in [-0.2, -0.15) is 0 Å². The van der Waals surface area contributed by atoms with Crippen LogP contribution in [-0.2, 0) is 0 Å². The lowest BCUT2D eigenvalue weighted by Crippen LogP contribution is -1.67. The van der Waals surface area contributed by atoms with E-state index in [9.17, 15) is 0 Å². The van der Waals surface area contributed by atoms with Crippen LogP contribution in [0.1, 0.15) is 5.89 Å². The summed E-state index contributed by atoms with van der Waals surface area (Å²) < 4.78 is 5.42. The molecular weight excluding hydrogens is 162 g/mol. The smallest absolute Gasteiger partial charge is 0.219 e. The zero-order valence-electron chi connectivity index (χ0n) is 7.10. The molecule has 2 nitrogen and oxygen atoms in total. The number of rotatable bonds is 2. The molecule has 1 heterocycles. The van der Waals surface area contributed by atoms with E-state index < -0.39 is 0 Å². The van der Waals surface area contributed by atoms with E-state index in [4.69, 9.17) is 4.42 Å². The first-order chi connectivity index (χ1) is 6.40. The molecule has 2 rings (SSSR count). The average Bonchev–Trinajstić information content (AvgIpc) is 2.57. The van der Waals surface area contributed by atoms with Gasteiger partial charge in [-0.3, -0.25) is 0 Å². The molecule has 0 saturated heterocycles. The predicted octanol–water partition coefficient (Wildman–Crippen LogP) is 3.03. The Kier molecular flexibility index (Phi) is 1.96. The fourth-order valence-corrected chi connectivity index (χ4v) is 1.11. The van der Waals surface area contributed by atoms with Gasteiger partial charge in [-0.1, -0.05) is 30.9 Å². The Morgan fingerprint density at radius 1 is 1.31 bits per heavy atom. The van der Waals surface area contributed by atoms with Gasteiger partial charge >= 0.3 is 0 Å². The lowest BCUT2D eigenvalue weighted by atomic mass is 10.3. The van der Waals surface area contributed by atoms with Crippen LogP contribution < -0.4 is 0 Å². The number of fused-ring (bicyclic) bond motifs is 1. The summed E-state index contributed by atoms with van der Waals surface area (Å²) in [4.78, 5) is 4.25. The summed E-state index contributed by atoms with van der Waals surface area (Å²) in [5.41, 5.74) is 1.69. The van der Waals surface area contributed by atoms with E-state index in [-0.39, 0.29) is 0 Å². The molecule has 0 bridgehead atoms. The van der Waals surface area contributed by atoms with Gasteiger partial charge in [0, 0.05) is 6.08 Å². The van der Waals surface area contributed by atoms with Crippen molar-refractivity contribution < 1.29 is 4.42 Å². The molecule has 0 radical (unpaired) electrons. The van der Waals surface area contributed by atoms with E-state index in [0.29, 0.717) is 5.89 Å². The highest BCUT2D eigenvalue weighted by molar-refractivity contribution is 5.73. The highest BCUT2D eigenvalue weighted by atomic mass is 16.3. The lowest BCUT2D eigenvalue weighted by Gasteiger charge is -1.80. The number of aromatic nitrogens is 1. The Morgan fingerprint density at radius 2 is 2.15 bits per heavy atom. The Morgan fingerprint density at radius 3 is 2.92 bits per heavy atom. The van der Waals surface area contributed by atoms with Crippen molar-refractivity contribution in [2.45, 2.75) is 0 Å². The fraction of sp³-hybridized carbons (Fsp3) is 0. The second-order valence-electron chi connectivity index (χ2n) is 2.61. The summed E-state index contributed by atoms with van der Waals surface area (Å²) in [6, 6.07) is 7.68. The Bertz CT molecular complexity index is 421. The lowest BCUT2D eigenvalue weighted by molar-refractivity contribution is 0.589. The van der Waals surface area contributed by atoms with Crippen molar-refractivity contribution in [2.75, 3.05) is 0 Å². The van der Waals surface area contributed by atoms with Crippen molar-refractivity contribution in [1.29, 1.82) is 0 Å². The van der Waals surface area contributed by atoms with Crippen LogP contribution in [-0.4, -0.2) is 4.98 Å². The third-order valence-electron chi connectivity index (χ3n) is 1.69. The van der Waals surface area contributed by atoms with Gasteiger partial charge in [-0.25, -0.2) is 4.98 Å². The molecule has 0 unspecified atom stereocenters. The zero-order chi connectivity index (χ0) is 9.10. The van der Waals surface area contributed by atoms with E-state index in [1.807, 2.05) is 24.3 Å². The first kappa shape index (κ1) is 7.80. The van der Waals surface area contributed by atoms with Gasteiger partial charge in [0.1, 0.15) is 5.52 Å². The summed E-state index contributed by atoms with van der Waals surface area (Å²) >= 11 is 0. The summed E-state index contributed by atoms with van der Waals surface area (Å²) in [7, 11) is 0. The molecule has 0 aliphatic heterocycles. The monoisotopic (exact) mass is 171 g/mol. The van der Waals surface area contributed by atoms with Gasteiger partial charge in [0.2, 0.25) is 5.89 Å². The van der Waals surface area contributed by atoms with Crippen LogP contribution >= 0.6 is 0 Å². The summed E-state index contributed by atoms with van der Waals surface area (Å²) in [5, 5.41) is 0. The number of para-hydroxylation sites is 2. The minimum Gasteiger partial charge on any atom is -0.437 e. The summed E-state index contributed by atoms with van der Waals surface area (Å²) in [5.74, 6) is 0.612. The first-order valence-corrected chi connectivity index (χ1v) is 4.05. The fourth-order valence-electron chi connectivity index (χ4n) is 1.11. The normalized spacial score (nSPS) is 11.1. The summed E-state index contributed by atoms with van der Waals surface area (Å²) in [6.07, 6.45) is 5.27. The molecule has 13 heavy (non-hydrogen) atoms. The third kappa shape index (κ3) is 1.51. The molecule has 1 aromatic carbocycles. The molecule has 0 N–H and O–H groups in total. The Labute approximate surface area is 76.2 Å². The van der Waals surface area contributed by atoms with Gasteiger partial charge in [0.05, 0.1) is 0 Å². The molecule has 0 saturated carbocycles. The Hall–Kier alpha value is -1.83. The molecule has 0 amide bonds. The van der Waals surface area contributed by atoms with Crippen LogP contribution in [0.3, 0.4) is 0 Å². The number of allylic oxidation sites excluding steroid dienone is 2. The van der Waals surface area contributed by atoms with Crippen LogP contribution in [0.4, 0.5) is 0 Å². The minimum atomic E-state index is 0.612. The number of nitrogens with zero attached hydrogens (tertiary/aromatic N) is 1. The van der Waals surface area contributed by atoms with E-state index >= 15 is 0 Å². The van der Waals surface area contributed by atoms with Gasteiger partial charge in [0.15, 0.2) is 5.58 Å². The largest absolute Gasteiger partial charge is 0.437 e. The van der Waals surface area contributed by atoms with Crippen molar-refractivity contribution in [2.24, 2.45) is 0 Å². The van der Waals surface area contributed by atoms with Crippen LogP contribution in [0.5, 0.6) is 0 Å². The standard InChI is InChI=1S/C11H9NO/c1-2-3-8-11-12-9-6-4-5-7-10(9)13-11/h2-8H,1H2. The average molecular weight is 171 g/mol. The maximum Gasteiger partial charge on any atom is 0.219 e. The van der Waals surface area contributed by atoms with Crippen molar-refractivity contribution in [3.63, 3.8) is 0 Å². The maximum atomic E-state index is 5.42. The molecular formula is C11H9NO. The number of hydrogen-bond donors (Lipinski definition) is 0. The maximum absolute atomic E-state index is 5.42. The van der Waals surface area contributed by atoms with Crippen LogP contribution in [0.25, 0.3) is 17.2 Å². The highest BCUT2D eigenvalue weighted by Gasteiger charge is 1.99. The molecule has 0 atom stereocenters. The zero-order valence-corrected chi connectivity index (χ0v) is 7.10. The molecule has 0 spiro atoms. The number of hydrogen-bond acceptors (Lipinski definition) is 2. The second kappa shape index (κ2) is 3.27. The number of oxazole rings is 1. The molecule has 64 valence electrons. The van der Waals surface area contributed by atoms with E-state index in [1.165, 1.54) is 0 Å². The first-order valence-electron chi connectivity index (χ1n) is 4.05. The van der Waals surface area contributed by atoms with Gasteiger partial charge in [-0.15, -0.1) is 0 Å². The van der Waals surface area contributed by atoms with E-state index in [2.05, 4.69) is 11.6 Å². The van der Waals surface area contributed by atoms with Crippen molar-refractivity contribution in [3.05, 3.63) is 48.9 Å². The predicted molar refractivity (Wildman–Crippen MR) is 53.2 cm³/mol. The molecule has 2 aromatic rings. The number of benzene rings is 1. The van der Waals surface area contributed by atoms with Crippen molar-refractivity contribution >= 4 is 17.2 Å². The highest BCUT2D eigenvalue weighted by Crippen LogP contribution is 2.15. The third-order valence-corrected chi connectivity index (χ3v) is 1.69. The van der Waals surface area contributed by atoms with Gasteiger partial charge in [0.25, 0.3) is 0 Å². The minimum absolute atomic E-state index is 0.612. The topological polar surface area (TPSA) is 26.0 Å². The van der Waals surface area contributed by atoms with Crippen molar-refractivity contribution in [3.8, 4) is 0 Å². The van der Waals surface area contributed by atoms with Gasteiger partial charge in [-0.05, 0) is 12.1 Å². The molecule has 0 aliphatic carbocycles. The van der Waals surface area contributed by atoms with Crippen LogP contribution in [0, 0.1) is 0 Å². The quantitative estimate of drug-likeness (QED) is 0.649. The van der Waals surface area contributed by atoms with E-state index in [1.54, 1.807) is 18.2 Å².